The van der Waals surface area contributed by atoms with E-state index in [1.807, 2.05) is 19.9 Å². The molecule has 1 saturated heterocycles. The lowest BCUT2D eigenvalue weighted by Gasteiger charge is -2.62. The standard InChI is InChI=1S/C40H64O10/c1-7-9-10-11-12-13-14-15-16-17-18-19-20-21-34(45)49-35-27(3)39(6,23-22-30(8-2)26-41)33-25-31(44)24-32-37(47-28(4)42)50-38(48-29(5)43)40(32,33)36(35)46/h8,22,24,27,31,33,35-38,41,44,46H,2,7,9-21,23,25-26H2,1,3-6H3/b30-22-/t27-,31+,33+,35-,36+,37+,38-,39-,40-/m0/s1. The Balaban J connectivity index is 1.78. The minimum absolute atomic E-state index is 0.172. The molecule has 3 rings (SSSR count). The molecule has 3 N–H and O–H groups in total. The van der Waals surface area contributed by atoms with Crippen LogP contribution in [0, 0.1) is 22.7 Å². The van der Waals surface area contributed by atoms with Gasteiger partial charge in [0.15, 0.2) is 0 Å². The highest BCUT2D eigenvalue weighted by molar-refractivity contribution is 5.70. The summed E-state index contributed by atoms with van der Waals surface area (Å²) in [4.78, 5) is 38.0. The SMILES string of the molecule is C=C/C(=C/C[C@]1(C)[C@H]2C[C@H](O)C=C3[C@H](OC(C)=O)O[C@H](OC(C)=O)[C@@]32[C@H](O)[C@@H](OC(=O)CCCCCCCCCCCCCCC)[C@@H]1C)CO. The van der Waals surface area contributed by atoms with Gasteiger partial charge in [-0.1, -0.05) is 117 Å². The summed E-state index contributed by atoms with van der Waals surface area (Å²) in [7, 11) is 0. The van der Waals surface area contributed by atoms with Crippen molar-refractivity contribution in [2.45, 2.75) is 168 Å². The van der Waals surface area contributed by atoms with Crippen LogP contribution in [-0.4, -0.2) is 70.7 Å². The predicted octanol–water partition coefficient (Wildman–Crippen LogP) is 6.99. The first-order valence-electron chi connectivity index (χ1n) is 19.1. The Labute approximate surface area is 299 Å². The third kappa shape index (κ3) is 10.1. The zero-order valence-electron chi connectivity index (χ0n) is 31.2. The molecule has 1 saturated carbocycles. The number of hydrogen-bond donors (Lipinski definition) is 3. The van der Waals surface area contributed by atoms with Gasteiger partial charge in [0.2, 0.25) is 12.6 Å². The molecule has 2 aliphatic carbocycles. The van der Waals surface area contributed by atoms with Gasteiger partial charge in [-0.05, 0) is 42.2 Å². The number of aliphatic hydroxyl groups excluding tert-OH is 3. The van der Waals surface area contributed by atoms with Gasteiger partial charge in [0.05, 0.1) is 18.1 Å². The second-order valence-electron chi connectivity index (χ2n) is 15.0. The number of carbonyl (C=O) groups excluding carboxylic acids is 3. The first-order valence-corrected chi connectivity index (χ1v) is 19.1. The normalized spacial score (nSPS) is 32.0. The van der Waals surface area contributed by atoms with Gasteiger partial charge in [-0.2, -0.15) is 0 Å². The van der Waals surface area contributed by atoms with Crippen molar-refractivity contribution in [1.82, 2.24) is 0 Å². The summed E-state index contributed by atoms with van der Waals surface area (Å²) in [5, 5.41) is 33.4. The fourth-order valence-electron chi connectivity index (χ4n) is 8.58. The lowest BCUT2D eigenvalue weighted by molar-refractivity contribution is -0.275. The van der Waals surface area contributed by atoms with Gasteiger partial charge in [0.1, 0.15) is 12.2 Å². The van der Waals surface area contributed by atoms with E-state index in [4.69, 9.17) is 18.9 Å². The molecule has 0 aromatic rings. The maximum atomic E-state index is 13.4. The highest BCUT2D eigenvalue weighted by atomic mass is 16.8. The van der Waals surface area contributed by atoms with Crippen LogP contribution < -0.4 is 0 Å². The van der Waals surface area contributed by atoms with Crippen molar-refractivity contribution in [1.29, 1.82) is 0 Å². The van der Waals surface area contributed by atoms with Gasteiger partial charge < -0.3 is 29.5 Å². The van der Waals surface area contributed by atoms with Crippen LogP contribution in [0.15, 0.2) is 36.0 Å². The van der Waals surface area contributed by atoms with E-state index in [-0.39, 0.29) is 25.0 Å². The Morgan fingerprint density at radius 2 is 1.48 bits per heavy atom. The van der Waals surface area contributed by atoms with E-state index in [1.54, 1.807) is 6.08 Å². The molecule has 0 unspecified atom stereocenters. The lowest BCUT2D eigenvalue weighted by Crippen LogP contribution is -2.68. The highest BCUT2D eigenvalue weighted by Crippen LogP contribution is 2.67. The molecule has 10 heteroatoms. The van der Waals surface area contributed by atoms with Gasteiger partial charge in [0, 0.05) is 31.8 Å². The third-order valence-corrected chi connectivity index (χ3v) is 11.5. The predicted molar refractivity (Wildman–Crippen MR) is 190 cm³/mol. The van der Waals surface area contributed by atoms with Crippen LogP contribution in [0.25, 0.3) is 0 Å². The van der Waals surface area contributed by atoms with Crippen molar-refractivity contribution in [2.24, 2.45) is 22.7 Å². The van der Waals surface area contributed by atoms with E-state index in [1.165, 1.54) is 77.7 Å². The largest absolute Gasteiger partial charge is 0.459 e. The number of allylic oxidation sites excluding steroid dienone is 1. The number of rotatable bonds is 21. The van der Waals surface area contributed by atoms with Crippen LogP contribution in [-0.2, 0) is 33.3 Å². The van der Waals surface area contributed by atoms with E-state index in [0.717, 1.165) is 19.3 Å². The summed E-state index contributed by atoms with van der Waals surface area (Å²) < 4.78 is 23.4. The Kier molecular flexibility index (Phi) is 16.7. The van der Waals surface area contributed by atoms with E-state index >= 15 is 0 Å². The van der Waals surface area contributed by atoms with Crippen molar-refractivity contribution >= 4 is 17.9 Å². The molecule has 9 atom stereocenters. The zero-order valence-corrected chi connectivity index (χ0v) is 31.2. The summed E-state index contributed by atoms with van der Waals surface area (Å²) >= 11 is 0. The molecule has 0 amide bonds. The maximum Gasteiger partial charge on any atom is 0.306 e. The summed E-state index contributed by atoms with van der Waals surface area (Å²) in [5.41, 5.74) is -1.43. The second-order valence-corrected chi connectivity index (χ2v) is 15.0. The molecule has 10 nitrogen and oxygen atoms in total. The fourth-order valence-corrected chi connectivity index (χ4v) is 8.58. The van der Waals surface area contributed by atoms with E-state index < -0.39 is 71.5 Å². The van der Waals surface area contributed by atoms with Crippen molar-refractivity contribution in [3.63, 3.8) is 0 Å². The average molecular weight is 705 g/mol. The van der Waals surface area contributed by atoms with Gasteiger partial charge in [0.25, 0.3) is 0 Å². The minimum atomic E-state index is -1.51. The fraction of sp³-hybridized carbons (Fsp3) is 0.775. The zero-order chi connectivity index (χ0) is 36.9. The van der Waals surface area contributed by atoms with Crippen LogP contribution >= 0.6 is 0 Å². The molecular weight excluding hydrogens is 640 g/mol. The van der Waals surface area contributed by atoms with Crippen LogP contribution in [0.4, 0.5) is 0 Å². The van der Waals surface area contributed by atoms with Crippen molar-refractivity contribution < 1.29 is 48.7 Å². The average Bonchev–Trinajstić information content (AvgIpc) is 3.35. The molecule has 284 valence electrons. The van der Waals surface area contributed by atoms with Crippen molar-refractivity contribution in [3.8, 4) is 0 Å². The molecule has 3 aliphatic rings. The van der Waals surface area contributed by atoms with E-state index in [2.05, 4.69) is 13.5 Å². The summed E-state index contributed by atoms with van der Waals surface area (Å²) in [6, 6.07) is 0. The lowest BCUT2D eigenvalue weighted by atomic mass is 9.44. The number of esters is 3. The van der Waals surface area contributed by atoms with Gasteiger partial charge in [-0.25, -0.2) is 0 Å². The molecule has 0 radical (unpaired) electrons. The summed E-state index contributed by atoms with van der Waals surface area (Å²) in [5.74, 6) is -2.79. The molecule has 1 spiro atoms. The number of aliphatic hydroxyl groups is 3. The minimum Gasteiger partial charge on any atom is -0.459 e. The summed E-state index contributed by atoms with van der Waals surface area (Å²) in [6.07, 6.45) is 14.9. The smallest absolute Gasteiger partial charge is 0.306 e. The van der Waals surface area contributed by atoms with Gasteiger partial charge in [-0.15, -0.1) is 0 Å². The van der Waals surface area contributed by atoms with E-state index in [0.29, 0.717) is 18.4 Å². The number of unbranched alkanes of at least 4 members (excludes halogenated alkanes) is 12. The maximum absolute atomic E-state index is 13.4. The Morgan fingerprint density at radius 3 is 2.00 bits per heavy atom. The number of hydrogen-bond acceptors (Lipinski definition) is 10. The van der Waals surface area contributed by atoms with Crippen molar-refractivity contribution in [2.75, 3.05) is 6.61 Å². The number of carbonyl (C=O) groups is 3. The van der Waals surface area contributed by atoms with Crippen LogP contribution in [0.2, 0.25) is 0 Å². The quantitative estimate of drug-likeness (QED) is 0.0375. The molecule has 1 heterocycles. The Morgan fingerprint density at radius 1 is 0.920 bits per heavy atom. The van der Waals surface area contributed by atoms with Crippen LogP contribution in [0.3, 0.4) is 0 Å². The molecule has 0 aromatic carbocycles. The Bertz CT molecular complexity index is 1190. The van der Waals surface area contributed by atoms with Crippen LogP contribution in [0.1, 0.15) is 137 Å². The van der Waals surface area contributed by atoms with Crippen LogP contribution in [0.5, 0.6) is 0 Å². The topological polar surface area (TPSA) is 149 Å². The summed E-state index contributed by atoms with van der Waals surface area (Å²) in [6.45, 7) is 12.1. The van der Waals surface area contributed by atoms with Gasteiger partial charge in [-0.3, -0.25) is 19.1 Å². The molecule has 0 aromatic heterocycles. The second kappa shape index (κ2) is 19.9. The third-order valence-electron chi connectivity index (χ3n) is 11.5. The first kappa shape index (κ1) is 41.9. The molecule has 0 bridgehead atoms. The van der Waals surface area contributed by atoms with Gasteiger partial charge >= 0.3 is 17.9 Å². The highest BCUT2D eigenvalue weighted by Gasteiger charge is 2.74. The Hall–Kier alpha value is -2.53. The first-order chi connectivity index (χ1) is 23.9. The molecule has 1 aliphatic heterocycles. The van der Waals surface area contributed by atoms with E-state index in [9.17, 15) is 29.7 Å². The monoisotopic (exact) mass is 704 g/mol. The molecule has 2 fully saturated rings. The molecular formula is C40H64O10. The van der Waals surface area contributed by atoms with Crippen molar-refractivity contribution in [3.05, 3.63) is 36.0 Å². The number of ether oxygens (including phenoxy) is 4. The molecule has 50 heavy (non-hydrogen) atoms.